The molecule has 0 amide bonds. The van der Waals surface area contributed by atoms with Gasteiger partial charge in [-0.05, 0) is 44.4 Å². The Balaban J connectivity index is 2.22. The first kappa shape index (κ1) is 15.2. The van der Waals surface area contributed by atoms with Gasteiger partial charge in [0, 0.05) is 18.8 Å². The van der Waals surface area contributed by atoms with Crippen molar-refractivity contribution in [2.45, 2.75) is 37.2 Å². The van der Waals surface area contributed by atoms with Crippen molar-refractivity contribution < 1.29 is 17.5 Å². The molecule has 5 nitrogen and oxygen atoms in total. The number of hydrogen-bond donors (Lipinski definition) is 2. The van der Waals surface area contributed by atoms with Gasteiger partial charge in [-0.25, -0.2) is 17.5 Å². The molecular weight excluding hydrogens is 283 g/mol. The molecule has 1 atom stereocenters. The molecule has 1 aliphatic heterocycles. The van der Waals surface area contributed by atoms with Gasteiger partial charge in [-0.2, -0.15) is 0 Å². The van der Waals surface area contributed by atoms with Crippen LogP contribution in [0.1, 0.15) is 25.3 Å². The Bertz CT molecular complexity index is 610. The van der Waals surface area contributed by atoms with Gasteiger partial charge in [0.15, 0.2) is 0 Å². The molecule has 2 rings (SSSR count). The molecule has 0 aromatic heterocycles. The van der Waals surface area contributed by atoms with Gasteiger partial charge in [0.05, 0.1) is 5.60 Å². The highest BCUT2D eigenvalue weighted by molar-refractivity contribution is 7.89. The number of sulfonamides is 1. The van der Waals surface area contributed by atoms with Gasteiger partial charge in [-0.1, -0.05) is 0 Å². The highest BCUT2D eigenvalue weighted by Crippen LogP contribution is 2.26. The zero-order chi connectivity index (χ0) is 15.0. The zero-order valence-corrected chi connectivity index (χ0v) is 12.4. The largest absolute Gasteiger partial charge is 0.399 e. The molecule has 0 bridgehead atoms. The number of ether oxygens (including phenoxy) is 1. The van der Waals surface area contributed by atoms with Crippen LogP contribution in [0.2, 0.25) is 0 Å². The minimum Gasteiger partial charge on any atom is -0.399 e. The normalized spacial score (nSPS) is 23.1. The van der Waals surface area contributed by atoms with Crippen LogP contribution < -0.4 is 10.5 Å². The second kappa shape index (κ2) is 5.31. The Kier molecular flexibility index (Phi) is 4.04. The maximum Gasteiger partial charge on any atom is 0.243 e. The first-order valence-corrected chi connectivity index (χ1v) is 7.91. The molecule has 112 valence electrons. The summed E-state index contributed by atoms with van der Waals surface area (Å²) in [4.78, 5) is -0.420. The van der Waals surface area contributed by atoms with Crippen molar-refractivity contribution >= 4 is 15.7 Å². The summed E-state index contributed by atoms with van der Waals surface area (Å²) in [7, 11) is -3.95. The molecule has 1 fully saturated rings. The maximum atomic E-state index is 14.0. The van der Waals surface area contributed by atoms with Crippen molar-refractivity contribution in [1.29, 1.82) is 0 Å². The molecule has 1 aromatic rings. The molecule has 7 heteroatoms. The third-order valence-electron chi connectivity index (χ3n) is 3.47. The minimum absolute atomic E-state index is 0.114. The van der Waals surface area contributed by atoms with Crippen LogP contribution in [-0.2, 0) is 14.8 Å². The summed E-state index contributed by atoms with van der Waals surface area (Å²) in [6.07, 6.45) is 1.66. The summed E-state index contributed by atoms with van der Waals surface area (Å²) < 4.78 is 46.3. The highest BCUT2D eigenvalue weighted by Gasteiger charge is 2.32. The molecule has 0 aliphatic carbocycles. The molecule has 1 heterocycles. The van der Waals surface area contributed by atoms with E-state index in [0.717, 1.165) is 18.9 Å². The van der Waals surface area contributed by atoms with Crippen LogP contribution in [0.4, 0.5) is 10.1 Å². The van der Waals surface area contributed by atoms with Gasteiger partial charge in [0.25, 0.3) is 0 Å². The highest BCUT2D eigenvalue weighted by atomic mass is 32.2. The average molecular weight is 302 g/mol. The smallest absolute Gasteiger partial charge is 0.243 e. The molecule has 0 radical (unpaired) electrons. The Labute approximate surface area is 118 Å². The Morgan fingerprint density at radius 3 is 2.80 bits per heavy atom. The lowest BCUT2D eigenvalue weighted by Crippen LogP contribution is -2.40. The fraction of sp³-hybridized carbons (Fsp3) is 0.538. The van der Waals surface area contributed by atoms with Crippen LogP contribution in [0.3, 0.4) is 0 Å². The van der Waals surface area contributed by atoms with E-state index in [9.17, 15) is 12.8 Å². The minimum atomic E-state index is -3.95. The van der Waals surface area contributed by atoms with E-state index >= 15 is 0 Å². The summed E-state index contributed by atoms with van der Waals surface area (Å²) in [5.41, 5.74) is 5.47. The first-order valence-electron chi connectivity index (χ1n) is 6.43. The second-order valence-corrected chi connectivity index (χ2v) is 7.11. The Hall–Kier alpha value is -1.18. The van der Waals surface area contributed by atoms with E-state index in [1.165, 1.54) is 13.0 Å². The van der Waals surface area contributed by atoms with E-state index in [-0.39, 0.29) is 17.8 Å². The van der Waals surface area contributed by atoms with Crippen molar-refractivity contribution in [1.82, 2.24) is 4.72 Å². The number of benzene rings is 1. The van der Waals surface area contributed by atoms with Gasteiger partial charge in [-0.15, -0.1) is 0 Å². The molecule has 0 spiro atoms. The summed E-state index contributed by atoms with van der Waals surface area (Å²) in [6.45, 7) is 4.04. The number of anilines is 1. The third-order valence-corrected chi connectivity index (χ3v) is 4.87. The topological polar surface area (TPSA) is 81.4 Å². The predicted octanol–water partition coefficient (Wildman–Crippen LogP) is 1.56. The third kappa shape index (κ3) is 3.11. The van der Waals surface area contributed by atoms with Crippen LogP contribution in [0, 0.1) is 12.7 Å². The maximum absolute atomic E-state index is 14.0. The van der Waals surface area contributed by atoms with E-state index in [1.54, 1.807) is 0 Å². The van der Waals surface area contributed by atoms with Gasteiger partial charge in [0.2, 0.25) is 10.0 Å². The molecular formula is C13H19FN2O3S. The van der Waals surface area contributed by atoms with Gasteiger partial charge in [-0.3, -0.25) is 0 Å². The van der Waals surface area contributed by atoms with E-state index in [1.807, 2.05) is 6.92 Å². The van der Waals surface area contributed by atoms with Crippen molar-refractivity contribution in [3.8, 4) is 0 Å². The van der Waals surface area contributed by atoms with Crippen molar-refractivity contribution in [3.63, 3.8) is 0 Å². The van der Waals surface area contributed by atoms with E-state index in [2.05, 4.69) is 4.72 Å². The number of nitrogens with two attached hydrogens (primary N) is 1. The standard InChI is InChI=1S/C13H19FN2O3S/c1-9-6-10(15)7-11(12(9)14)20(17,18)16-8-13(2)4-3-5-19-13/h6-7,16H,3-5,8,15H2,1-2H3. The lowest BCUT2D eigenvalue weighted by atomic mass is 10.0. The predicted molar refractivity (Wildman–Crippen MR) is 74.3 cm³/mol. The van der Waals surface area contributed by atoms with Gasteiger partial charge >= 0.3 is 0 Å². The second-order valence-electron chi connectivity index (χ2n) is 5.38. The van der Waals surface area contributed by atoms with Crippen molar-refractivity contribution in [2.75, 3.05) is 18.9 Å². The van der Waals surface area contributed by atoms with Crippen LogP contribution in [-0.4, -0.2) is 27.2 Å². The lowest BCUT2D eigenvalue weighted by molar-refractivity contribution is 0.0250. The molecule has 20 heavy (non-hydrogen) atoms. The fourth-order valence-electron chi connectivity index (χ4n) is 2.26. The molecule has 1 unspecified atom stereocenters. The van der Waals surface area contributed by atoms with Crippen molar-refractivity contribution in [2.24, 2.45) is 0 Å². The molecule has 1 aromatic carbocycles. The summed E-state index contributed by atoms with van der Waals surface area (Å²) in [5.74, 6) is -0.774. The van der Waals surface area contributed by atoms with Crippen LogP contribution >= 0.6 is 0 Å². The summed E-state index contributed by atoms with van der Waals surface area (Å²) in [6, 6.07) is 2.53. The van der Waals surface area contributed by atoms with Gasteiger partial charge < -0.3 is 10.5 Å². The molecule has 3 N–H and O–H groups in total. The molecule has 1 saturated heterocycles. The summed E-state index contributed by atoms with van der Waals surface area (Å²) >= 11 is 0. The number of halogens is 1. The molecule has 1 aliphatic rings. The van der Waals surface area contributed by atoms with E-state index in [0.29, 0.717) is 6.61 Å². The monoisotopic (exact) mass is 302 g/mol. The molecule has 0 saturated carbocycles. The summed E-state index contributed by atoms with van der Waals surface area (Å²) in [5, 5.41) is 0. The number of aryl methyl sites for hydroxylation is 1. The Morgan fingerprint density at radius 1 is 1.50 bits per heavy atom. The van der Waals surface area contributed by atoms with Crippen LogP contribution in [0.5, 0.6) is 0 Å². The van der Waals surface area contributed by atoms with Crippen LogP contribution in [0.15, 0.2) is 17.0 Å². The number of nitrogens with one attached hydrogen (secondary N) is 1. The fourth-order valence-corrected chi connectivity index (χ4v) is 3.60. The average Bonchev–Trinajstić information content (AvgIpc) is 2.79. The lowest BCUT2D eigenvalue weighted by Gasteiger charge is -2.23. The van der Waals surface area contributed by atoms with Crippen molar-refractivity contribution in [3.05, 3.63) is 23.5 Å². The van der Waals surface area contributed by atoms with Crippen LogP contribution in [0.25, 0.3) is 0 Å². The number of hydrogen-bond acceptors (Lipinski definition) is 4. The zero-order valence-electron chi connectivity index (χ0n) is 11.6. The van der Waals surface area contributed by atoms with E-state index < -0.39 is 26.3 Å². The quantitative estimate of drug-likeness (QED) is 0.827. The van der Waals surface area contributed by atoms with E-state index in [4.69, 9.17) is 10.5 Å². The van der Waals surface area contributed by atoms with Gasteiger partial charge in [0.1, 0.15) is 10.7 Å². The first-order chi connectivity index (χ1) is 9.23. The Morgan fingerprint density at radius 2 is 2.20 bits per heavy atom. The number of rotatable bonds is 4. The SMILES string of the molecule is Cc1cc(N)cc(S(=O)(=O)NCC2(C)CCCO2)c1F. The number of nitrogen functional groups attached to an aromatic ring is 1.